The van der Waals surface area contributed by atoms with Gasteiger partial charge in [-0.2, -0.15) is 0 Å². The highest BCUT2D eigenvalue weighted by atomic mass is 32.2. The highest BCUT2D eigenvalue weighted by molar-refractivity contribution is 7.99. The molecule has 0 saturated carbocycles. The fourth-order valence-corrected chi connectivity index (χ4v) is 3.81. The van der Waals surface area contributed by atoms with Gasteiger partial charge in [-0.25, -0.2) is 22.1 Å². The fourth-order valence-electron chi connectivity index (χ4n) is 2.30. The summed E-state index contributed by atoms with van der Waals surface area (Å²) in [6, 6.07) is 12.6. The first-order chi connectivity index (χ1) is 13.4. The van der Waals surface area contributed by atoms with E-state index in [2.05, 4.69) is 15.2 Å². The Balaban J connectivity index is 1.51. The van der Waals surface area contributed by atoms with Crippen LogP contribution in [0.5, 0.6) is 5.75 Å². The fraction of sp³-hybridized carbons (Fsp3) is 0.222. The number of H-pyrrole nitrogens is 1. The lowest BCUT2D eigenvalue weighted by molar-refractivity contribution is 0.343. The van der Waals surface area contributed by atoms with Crippen LogP contribution in [0.1, 0.15) is 0 Å². The smallest absolute Gasteiger partial charge is 0.242 e. The second-order valence-corrected chi connectivity index (χ2v) is 9.12. The Bertz CT molecular complexity index is 1040. The maximum absolute atomic E-state index is 13.8. The van der Waals surface area contributed by atoms with Gasteiger partial charge in [-0.15, -0.1) is 5.10 Å². The summed E-state index contributed by atoms with van der Waals surface area (Å²) in [5, 5.41) is 7.29. The summed E-state index contributed by atoms with van der Waals surface area (Å²) in [5.74, 6) is 1.16. The van der Waals surface area contributed by atoms with E-state index < -0.39 is 10.0 Å². The van der Waals surface area contributed by atoms with Crippen molar-refractivity contribution in [1.29, 1.82) is 0 Å². The summed E-state index contributed by atoms with van der Waals surface area (Å²) in [7, 11) is -0.484. The van der Waals surface area contributed by atoms with Gasteiger partial charge >= 0.3 is 0 Å². The van der Waals surface area contributed by atoms with E-state index in [4.69, 9.17) is 4.74 Å². The number of halogens is 1. The Labute approximate surface area is 167 Å². The molecule has 0 saturated heterocycles. The number of nitrogens with one attached hydrogen (secondary N) is 1. The number of benzene rings is 2. The van der Waals surface area contributed by atoms with Crippen molar-refractivity contribution in [3.63, 3.8) is 0 Å². The number of thioether (sulfide) groups is 1. The van der Waals surface area contributed by atoms with E-state index in [0.717, 1.165) is 4.31 Å². The van der Waals surface area contributed by atoms with Crippen LogP contribution in [-0.2, 0) is 10.0 Å². The molecule has 1 N–H and O–H groups in total. The van der Waals surface area contributed by atoms with Crippen LogP contribution in [0.3, 0.4) is 0 Å². The van der Waals surface area contributed by atoms with Crippen molar-refractivity contribution in [3.05, 3.63) is 54.3 Å². The third kappa shape index (κ3) is 4.70. The molecule has 28 heavy (non-hydrogen) atoms. The number of aromatic amines is 1. The van der Waals surface area contributed by atoms with E-state index in [-0.39, 0.29) is 10.7 Å². The average molecular weight is 423 g/mol. The lowest BCUT2D eigenvalue weighted by Gasteiger charge is -2.12. The number of rotatable bonds is 8. The summed E-state index contributed by atoms with van der Waals surface area (Å²) in [6.07, 6.45) is 0. The Morgan fingerprint density at radius 1 is 1.14 bits per heavy atom. The molecule has 0 spiro atoms. The van der Waals surface area contributed by atoms with Crippen LogP contribution in [0.25, 0.3) is 11.4 Å². The Morgan fingerprint density at radius 3 is 2.54 bits per heavy atom. The zero-order valence-electron chi connectivity index (χ0n) is 15.3. The molecule has 0 amide bonds. The van der Waals surface area contributed by atoms with E-state index in [9.17, 15) is 12.8 Å². The highest BCUT2D eigenvalue weighted by Gasteiger charge is 2.16. The molecular weight excluding hydrogens is 403 g/mol. The molecule has 0 bridgehead atoms. The van der Waals surface area contributed by atoms with Gasteiger partial charge < -0.3 is 4.74 Å². The molecule has 3 aromatic rings. The van der Waals surface area contributed by atoms with Crippen molar-refractivity contribution in [2.75, 3.05) is 26.5 Å². The van der Waals surface area contributed by atoms with Crippen molar-refractivity contribution >= 4 is 21.8 Å². The zero-order chi connectivity index (χ0) is 20.1. The molecule has 1 heterocycles. The zero-order valence-corrected chi connectivity index (χ0v) is 16.9. The lowest BCUT2D eigenvalue weighted by atomic mass is 10.2. The first-order valence-electron chi connectivity index (χ1n) is 8.33. The Hall–Kier alpha value is -2.43. The molecule has 1 aromatic heterocycles. The maximum atomic E-state index is 13.8. The number of ether oxygens (including phenoxy) is 1. The lowest BCUT2D eigenvalue weighted by Crippen LogP contribution is -2.22. The van der Waals surface area contributed by atoms with Crippen molar-refractivity contribution in [2.24, 2.45) is 0 Å². The van der Waals surface area contributed by atoms with E-state index in [1.165, 1.54) is 44.1 Å². The summed E-state index contributed by atoms with van der Waals surface area (Å²) < 4.78 is 44.6. The van der Waals surface area contributed by atoms with Gasteiger partial charge in [0.15, 0.2) is 5.82 Å². The van der Waals surface area contributed by atoms with Crippen molar-refractivity contribution in [1.82, 2.24) is 19.5 Å². The molecule has 3 rings (SSSR count). The standard InChI is InChI=1S/C18H19FN4O3S2/c1-23(2)28(24,25)14-9-7-13(8-10-14)26-11-12-27-18-20-17(21-22-18)15-5-3-4-6-16(15)19/h3-10H,11-12H2,1-2H3,(H,20,21,22). The molecular formula is C18H19FN4O3S2. The third-order valence-electron chi connectivity index (χ3n) is 3.78. The highest BCUT2D eigenvalue weighted by Crippen LogP contribution is 2.22. The molecule has 10 heteroatoms. The predicted molar refractivity (Wildman–Crippen MR) is 105 cm³/mol. The van der Waals surface area contributed by atoms with Crippen molar-refractivity contribution < 1.29 is 17.5 Å². The molecule has 2 aromatic carbocycles. The number of nitrogens with zero attached hydrogens (tertiary/aromatic N) is 3. The van der Waals surface area contributed by atoms with Crippen LogP contribution in [0, 0.1) is 5.82 Å². The molecule has 0 atom stereocenters. The Kier molecular flexibility index (Phi) is 6.32. The molecule has 0 radical (unpaired) electrons. The predicted octanol–water partition coefficient (Wildman–Crippen LogP) is 3.03. The molecule has 0 fully saturated rings. The van der Waals surface area contributed by atoms with Crippen LogP contribution < -0.4 is 4.74 Å². The van der Waals surface area contributed by atoms with Crippen LogP contribution in [0.2, 0.25) is 0 Å². The van der Waals surface area contributed by atoms with Gasteiger partial charge in [0.25, 0.3) is 0 Å². The van der Waals surface area contributed by atoms with Gasteiger partial charge in [0.1, 0.15) is 11.6 Å². The van der Waals surface area contributed by atoms with E-state index in [1.807, 2.05) is 0 Å². The molecule has 0 aliphatic heterocycles. The SMILES string of the molecule is CN(C)S(=O)(=O)c1ccc(OCCSc2n[nH]c(-c3ccccc3F)n2)cc1. The number of aromatic nitrogens is 3. The van der Waals surface area contributed by atoms with Crippen molar-refractivity contribution in [3.8, 4) is 17.1 Å². The average Bonchev–Trinajstić information content (AvgIpc) is 3.14. The second kappa shape index (κ2) is 8.72. The quantitative estimate of drug-likeness (QED) is 0.443. The second-order valence-electron chi connectivity index (χ2n) is 5.90. The van der Waals surface area contributed by atoms with Crippen LogP contribution >= 0.6 is 11.8 Å². The number of hydrogen-bond donors (Lipinski definition) is 1. The number of sulfonamides is 1. The van der Waals surface area contributed by atoms with Crippen molar-refractivity contribution in [2.45, 2.75) is 10.1 Å². The third-order valence-corrected chi connectivity index (χ3v) is 6.42. The molecule has 0 unspecified atom stereocenters. The minimum atomic E-state index is -3.45. The first kappa shape index (κ1) is 20.3. The van der Waals surface area contributed by atoms with Gasteiger partial charge in [0, 0.05) is 19.8 Å². The summed E-state index contributed by atoms with van der Waals surface area (Å²) >= 11 is 1.37. The number of hydrogen-bond acceptors (Lipinski definition) is 6. The Morgan fingerprint density at radius 2 is 1.86 bits per heavy atom. The first-order valence-corrected chi connectivity index (χ1v) is 10.8. The minimum absolute atomic E-state index is 0.209. The van der Waals surface area contributed by atoms with Gasteiger partial charge in [-0.05, 0) is 36.4 Å². The molecule has 0 aliphatic rings. The van der Waals surface area contributed by atoms with Crippen LogP contribution in [0.4, 0.5) is 4.39 Å². The summed E-state index contributed by atoms with van der Waals surface area (Å²) in [4.78, 5) is 4.48. The molecule has 0 aliphatic carbocycles. The van der Waals surface area contributed by atoms with Crippen LogP contribution in [0.15, 0.2) is 58.6 Å². The monoisotopic (exact) mass is 422 g/mol. The van der Waals surface area contributed by atoms with Gasteiger partial charge in [-0.3, -0.25) is 5.10 Å². The molecule has 148 valence electrons. The van der Waals surface area contributed by atoms with Gasteiger partial charge in [0.2, 0.25) is 15.2 Å². The van der Waals surface area contributed by atoms with Gasteiger partial charge in [0.05, 0.1) is 17.1 Å². The van der Waals surface area contributed by atoms with E-state index in [0.29, 0.717) is 34.7 Å². The topological polar surface area (TPSA) is 88.2 Å². The normalized spacial score (nSPS) is 11.7. The summed E-state index contributed by atoms with van der Waals surface area (Å²) in [5.41, 5.74) is 0.367. The largest absolute Gasteiger partial charge is 0.493 e. The molecule has 7 nitrogen and oxygen atoms in total. The van der Waals surface area contributed by atoms with E-state index in [1.54, 1.807) is 30.3 Å². The van der Waals surface area contributed by atoms with Gasteiger partial charge in [-0.1, -0.05) is 23.9 Å². The maximum Gasteiger partial charge on any atom is 0.242 e. The minimum Gasteiger partial charge on any atom is -0.493 e. The van der Waals surface area contributed by atoms with Crippen LogP contribution in [-0.4, -0.2) is 54.4 Å². The van der Waals surface area contributed by atoms with E-state index >= 15 is 0 Å². The summed E-state index contributed by atoms with van der Waals surface area (Å²) in [6.45, 7) is 0.383.